The minimum atomic E-state index is -1.17. The SMILES string of the molecule is CC(C)CC(NC(=O)C(C)N)C(=O)NCC(=O)NC(C)C(=O)O. The van der Waals surface area contributed by atoms with Crippen LogP contribution in [0.15, 0.2) is 0 Å². The molecular formula is C14H26N4O5. The number of aliphatic carboxylic acids is 1. The van der Waals surface area contributed by atoms with Gasteiger partial charge in [0, 0.05) is 0 Å². The first-order valence-electron chi connectivity index (χ1n) is 7.40. The summed E-state index contributed by atoms with van der Waals surface area (Å²) in [6.07, 6.45) is 0.386. The molecule has 0 aromatic heterocycles. The maximum absolute atomic E-state index is 12.1. The highest BCUT2D eigenvalue weighted by Crippen LogP contribution is 2.05. The van der Waals surface area contributed by atoms with Gasteiger partial charge in [-0.1, -0.05) is 13.8 Å². The summed E-state index contributed by atoms with van der Waals surface area (Å²) in [5.41, 5.74) is 5.46. The first-order valence-corrected chi connectivity index (χ1v) is 7.40. The molecule has 6 N–H and O–H groups in total. The largest absolute Gasteiger partial charge is 0.480 e. The summed E-state index contributed by atoms with van der Waals surface area (Å²) >= 11 is 0. The molecule has 0 heterocycles. The van der Waals surface area contributed by atoms with E-state index in [-0.39, 0.29) is 12.5 Å². The average Bonchev–Trinajstić information content (AvgIpc) is 2.42. The number of carboxylic acid groups (broad SMARTS) is 1. The fraction of sp³-hybridized carbons (Fsp3) is 0.714. The quantitative estimate of drug-likeness (QED) is 0.350. The second-order valence-corrected chi connectivity index (χ2v) is 5.82. The molecule has 0 aliphatic heterocycles. The van der Waals surface area contributed by atoms with Gasteiger partial charge in [-0.15, -0.1) is 0 Å². The van der Waals surface area contributed by atoms with Crippen LogP contribution in [0.3, 0.4) is 0 Å². The molecular weight excluding hydrogens is 304 g/mol. The third-order valence-electron chi connectivity index (χ3n) is 2.92. The van der Waals surface area contributed by atoms with Crippen molar-refractivity contribution < 1.29 is 24.3 Å². The van der Waals surface area contributed by atoms with Gasteiger partial charge in [-0.2, -0.15) is 0 Å². The molecule has 23 heavy (non-hydrogen) atoms. The van der Waals surface area contributed by atoms with Crippen LogP contribution in [-0.4, -0.2) is 53.5 Å². The number of nitrogens with one attached hydrogen (secondary N) is 3. The molecule has 0 saturated heterocycles. The molecule has 9 heteroatoms. The summed E-state index contributed by atoms with van der Waals surface area (Å²) in [6, 6.07) is -2.61. The molecule has 3 atom stereocenters. The molecule has 0 saturated carbocycles. The molecule has 9 nitrogen and oxygen atoms in total. The van der Waals surface area contributed by atoms with E-state index in [1.807, 2.05) is 13.8 Å². The number of amides is 3. The standard InChI is InChI=1S/C14H26N4O5/c1-7(2)5-10(18-12(20)8(3)15)13(21)16-6-11(19)17-9(4)14(22)23/h7-10H,5-6,15H2,1-4H3,(H,16,21)(H,17,19)(H,18,20)(H,22,23). The molecule has 0 rings (SSSR count). The van der Waals surface area contributed by atoms with Gasteiger partial charge < -0.3 is 26.8 Å². The molecule has 0 aliphatic carbocycles. The van der Waals surface area contributed by atoms with E-state index in [2.05, 4.69) is 16.0 Å². The van der Waals surface area contributed by atoms with Gasteiger partial charge in [-0.3, -0.25) is 19.2 Å². The minimum absolute atomic E-state index is 0.139. The van der Waals surface area contributed by atoms with Crippen molar-refractivity contribution in [2.45, 2.75) is 52.2 Å². The molecule has 3 amide bonds. The average molecular weight is 330 g/mol. The van der Waals surface area contributed by atoms with Gasteiger partial charge in [-0.05, 0) is 26.2 Å². The van der Waals surface area contributed by atoms with Crippen LogP contribution in [-0.2, 0) is 19.2 Å². The van der Waals surface area contributed by atoms with Crippen molar-refractivity contribution in [3.05, 3.63) is 0 Å². The summed E-state index contributed by atoms with van der Waals surface area (Å²) in [6.45, 7) is 6.21. The smallest absolute Gasteiger partial charge is 0.325 e. The number of hydrogen-bond donors (Lipinski definition) is 5. The zero-order valence-electron chi connectivity index (χ0n) is 13.9. The predicted molar refractivity (Wildman–Crippen MR) is 83.3 cm³/mol. The van der Waals surface area contributed by atoms with Crippen molar-refractivity contribution in [1.29, 1.82) is 0 Å². The third kappa shape index (κ3) is 8.77. The molecule has 0 bridgehead atoms. The Morgan fingerprint density at radius 3 is 2.00 bits per heavy atom. The van der Waals surface area contributed by atoms with Crippen molar-refractivity contribution >= 4 is 23.7 Å². The Labute approximate surface area is 135 Å². The zero-order valence-corrected chi connectivity index (χ0v) is 13.9. The molecule has 0 aliphatic rings. The van der Waals surface area contributed by atoms with Crippen LogP contribution < -0.4 is 21.7 Å². The van der Waals surface area contributed by atoms with Crippen LogP contribution in [0.4, 0.5) is 0 Å². The second kappa shape index (κ2) is 9.78. The van der Waals surface area contributed by atoms with E-state index in [1.165, 1.54) is 13.8 Å². The summed E-state index contributed by atoms with van der Waals surface area (Å²) in [7, 11) is 0. The first kappa shape index (κ1) is 20.8. The Bertz CT molecular complexity index is 450. The maximum Gasteiger partial charge on any atom is 0.325 e. The first-order chi connectivity index (χ1) is 10.5. The van der Waals surface area contributed by atoms with E-state index < -0.39 is 41.8 Å². The number of rotatable bonds is 9. The highest BCUT2D eigenvalue weighted by Gasteiger charge is 2.24. The van der Waals surface area contributed by atoms with E-state index in [1.54, 1.807) is 0 Å². The summed E-state index contributed by atoms with van der Waals surface area (Å²) in [5.74, 6) is -2.65. The lowest BCUT2D eigenvalue weighted by molar-refractivity contribution is -0.141. The maximum atomic E-state index is 12.1. The zero-order chi connectivity index (χ0) is 18.2. The van der Waals surface area contributed by atoms with Crippen LogP contribution in [0.2, 0.25) is 0 Å². The number of hydrogen-bond acceptors (Lipinski definition) is 5. The van der Waals surface area contributed by atoms with Gasteiger partial charge in [-0.25, -0.2) is 0 Å². The molecule has 132 valence electrons. The lowest BCUT2D eigenvalue weighted by atomic mass is 10.0. The third-order valence-corrected chi connectivity index (χ3v) is 2.92. The number of nitrogens with two attached hydrogens (primary N) is 1. The minimum Gasteiger partial charge on any atom is -0.480 e. The van der Waals surface area contributed by atoms with Crippen LogP contribution in [0.25, 0.3) is 0 Å². The van der Waals surface area contributed by atoms with Crippen LogP contribution in [0, 0.1) is 5.92 Å². The molecule has 0 radical (unpaired) electrons. The van der Waals surface area contributed by atoms with Crippen LogP contribution in [0.5, 0.6) is 0 Å². The Morgan fingerprint density at radius 1 is 1.00 bits per heavy atom. The lowest BCUT2D eigenvalue weighted by Gasteiger charge is -2.21. The van der Waals surface area contributed by atoms with Gasteiger partial charge in [0.05, 0.1) is 12.6 Å². The Hall–Kier alpha value is -2.16. The van der Waals surface area contributed by atoms with Gasteiger partial charge >= 0.3 is 5.97 Å². The van der Waals surface area contributed by atoms with E-state index in [4.69, 9.17) is 10.8 Å². The van der Waals surface area contributed by atoms with E-state index >= 15 is 0 Å². The fourth-order valence-corrected chi connectivity index (χ4v) is 1.65. The Morgan fingerprint density at radius 2 is 1.57 bits per heavy atom. The highest BCUT2D eigenvalue weighted by molar-refractivity contribution is 5.92. The van der Waals surface area contributed by atoms with E-state index in [0.717, 1.165) is 0 Å². The van der Waals surface area contributed by atoms with Crippen LogP contribution >= 0.6 is 0 Å². The highest BCUT2D eigenvalue weighted by atomic mass is 16.4. The number of carbonyl (C=O) groups is 4. The molecule has 3 unspecified atom stereocenters. The lowest BCUT2D eigenvalue weighted by Crippen LogP contribution is -2.53. The molecule has 0 aromatic rings. The fourth-order valence-electron chi connectivity index (χ4n) is 1.65. The normalized spacial score (nSPS) is 14.5. The van der Waals surface area contributed by atoms with E-state index in [0.29, 0.717) is 6.42 Å². The van der Waals surface area contributed by atoms with Crippen molar-refractivity contribution in [1.82, 2.24) is 16.0 Å². The monoisotopic (exact) mass is 330 g/mol. The number of carboxylic acids is 1. The molecule has 0 spiro atoms. The van der Waals surface area contributed by atoms with Crippen molar-refractivity contribution in [3.63, 3.8) is 0 Å². The molecule has 0 aromatic carbocycles. The van der Waals surface area contributed by atoms with Crippen molar-refractivity contribution in [3.8, 4) is 0 Å². The van der Waals surface area contributed by atoms with E-state index in [9.17, 15) is 19.2 Å². The molecule has 0 fully saturated rings. The van der Waals surface area contributed by atoms with Gasteiger partial charge in [0.2, 0.25) is 17.7 Å². The van der Waals surface area contributed by atoms with Gasteiger partial charge in [0.1, 0.15) is 12.1 Å². The predicted octanol–water partition coefficient (Wildman–Crippen LogP) is -1.43. The van der Waals surface area contributed by atoms with Crippen LogP contribution in [0.1, 0.15) is 34.1 Å². The second-order valence-electron chi connectivity index (χ2n) is 5.82. The Balaban J connectivity index is 4.56. The van der Waals surface area contributed by atoms with Crippen molar-refractivity contribution in [2.75, 3.05) is 6.54 Å². The van der Waals surface area contributed by atoms with Crippen molar-refractivity contribution in [2.24, 2.45) is 11.7 Å². The van der Waals surface area contributed by atoms with Gasteiger partial charge in [0.25, 0.3) is 0 Å². The number of carbonyl (C=O) groups excluding carboxylic acids is 3. The summed E-state index contributed by atoms with van der Waals surface area (Å²) < 4.78 is 0. The summed E-state index contributed by atoms with van der Waals surface area (Å²) in [5, 5.41) is 15.8. The Kier molecular flexibility index (Phi) is 8.86. The summed E-state index contributed by atoms with van der Waals surface area (Å²) in [4.78, 5) is 45.9. The topological polar surface area (TPSA) is 151 Å². The van der Waals surface area contributed by atoms with Gasteiger partial charge in [0.15, 0.2) is 0 Å².